The van der Waals surface area contributed by atoms with Gasteiger partial charge in [-0.1, -0.05) is 6.92 Å². The number of fused-ring (bicyclic) bond motifs is 1. The molecule has 2 aliphatic carbocycles. The Balaban J connectivity index is 1.83. The van der Waals surface area contributed by atoms with Crippen LogP contribution in [-0.2, 0) is 19.4 Å². The highest BCUT2D eigenvalue weighted by Gasteiger charge is 2.26. The lowest BCUT2D eigenvalue weighted by Crippen LogP contribution is -2.29. The molecular weight excluding hydrogens is 248 g/mol. The van der Waals surface area contributed by atoms with Crippen LogP contribution in [-0.4, -0.2) is 16.4 Å². The van der Waals surface area contributed by atoms with Gasteiger partial charge >= 0.3 is 0 Å². The van der Waals surface area contributed by atoms with Crippen molar-refractivity contribution in [1.29, 1.82) is 0 Å². The molecule has 3 rings (SSSR count). The summed E-state index contributed by atoms with van der Waals surface area (Å²) in [5.41, 5.74) is 9.68. The van der Waals surface area contributed by atoms with Gasteiger partial charge in [0.2, 0.25) is 0 Å². The summed E-state index contributed by atoms with van der Waals surface area (Å²) in [6.07, 6.45) is 8.66. The Morgan fingerprint density at radius 3 is 2.70 bits per heavy atom. The van der Waals surface area contributed by atoms with E-state index in [1.807, 2.05) is 0 Å². The van der Waals surface area contributed by atoms with E-state index in [1.54, 1.807) is 0 Å². The molecule has 1 heterocycles. The zero-order valence-corrected chi connectivity index (χ0v) is 12.5. The number of ketones is 1. The van der Waals surface area contributed by atoms with Crippen molar-refractivity contribution >= 4 is 5.78 Å². The van der Waals surface area contributed by atoms with E-state index in [1.165, 1.54) is 24.2 Å². The molecule has 1 aromatic rings. The normalized spacial score (nSPS) is 26.6. The Morgan fingerprint density at radius 2 is 2.00 bits per heavy atom. The maximum absolute atomic E-state index is 12.1. The fourth-order valence-corrected chi connectivity index (χ4v) is 3.86. The van der Waals surface area contributed by atoms with Crippen LogP contribution in [0, 0.1) is 5.92 Å². The van der Waals surface area contributed by atoms with E-state index in [0.717, 1.165) is 56.6 Å². The summed E-state index contributed by atoms with van der Waals surface area (Å²) in [7, 11) is 0. The number of nitrogens with two attached hydrogens (primary N) is 1. The summed E-state index contributed by atoms with van der Waals surface area (Å²) in [5, 5.41) is 0. The number of aromatic nitrogens is 1. The fourth-order valence-electron chi connectivity index (χ4n) is 3.86. The quantitative estimate of drug-likeness (QED) is 0.920. The number of aryl methyl sites for hydroxylation is 1. The number of Topliss-reactive ketones (excluding diaryl/α,β-unsaturated/α-hetero) is 1. The first-order valence-electron chi connectivity index (χ1n) is 8.19. The third-order valence-corrected chi connectivity index (χ3v) is 5.11. The van der Waals surface area contributed by atoms with E-state index in [4.69, 9.17) is 5.73 Å². The lowest BCUT2D eigenvalue weighted by Gasteiger charge is -2.28. The van der Waals surface area contributed by atoms with Gasteiger partial charge in [0, 0.05) is 36.0 Å². The number of hydrogen-bond donors (Lipinski definition) is 1. The average molecular weight is 274 g/mol. The zero-order valence-electron chi connectivity index (χ0n) is 12.5. The molecule has 20 heavy (non-hydrogen) atoms. The van der Waals surface area contributed by atoms with Crippen LogP contribution < -0.4 is 5.73 Å². The monoisotopic (exact) mass is 274 g/mol. The Hall–Kier alpha value is -1.09. The van der Waals surface area contributed by atoms with Crippen molar-refractivity contribution in [1.82, 2.24) is 4.57 Å². The summed E-state index contributed by atoms with van der Waals surface area (Å²) in [4.78, 5) is 12.1. The highest BCUT2D eigenvalue weighted by atomic mass is 16.1. The Bertz CT molecular complexity index is 495. The van der Waals surface area contributed by atoms with Crippen molar-refractivity contribution in [2.24, 2.45) is 11.7 Å². The van der Waals surface area contributed by atoms with Gasteiger partial charge in [-0.15, -0.1) is 0 Å². The molecule has 0 radical (unpaired) electrons. The van der Waals surface area contributed by atoms with Gasteiger partial charge in [-0.25, -0.2) is 0 Å². The van der Waals surface area contributed by atoms with Gasteiger partial charge in [-0.05, 0) is 56.9 Å². The van der Waals surface area contributed by atoms with Gasteiger partial charge in [-0.2, -0.15) is 0 Å². The summed E-state index contributed by atoms with van der Waals surface area (Å²) in [6, 6.07) is 2.57. The number of carbonyl (C=O) groups excluding carboxylic acids is 1. The third-order valence-electron chi connectivity index (χ3n) is 5.11. The molecule has 1 fully saturated rings. The highest BCUT2D eigenvalue weighted by Crippen LogP contribution is 2.30. The average Bonchev–Trinajstić information content (AvgIpc) is 2.81. The number of nitrogens with zero attached hydrogens (tertiary/aromatic N) is 1. The van der Waals surface area contributed by atoms with Gasteiger partial charge in [-0.3, -0.25) is 4.79 Å². The third kappa shape index (κ3) is 2.56. The van der Waals surface area contributed by atoms with Crippen LogP contribution in [0.1, 0.15) is 67.2 Å². The Kier molecular flexibility index (Phi) is 3.97. The molecule has 0 aliphatic heterocycles. The molecule has 1 saturated carbocycles. The SMILES string of the molecule is CCc1cc2c(n1CC1CCC(N)CC1)CCCC2=O. The van der Waals surface area contributed by atoms with Gasteiger partial charge in [0.25, 0.3) is 0 Å². The minimum absolute atomic E-state index is 0.352. The van der Waals surface area contributed by atoms with E-state index in [9.17, 15) is 4.79 Å². The Morgan fingerprint density at radius 1 is 1.25 bits per heavy atom. The van der Waals surface area contributed by atoms with Crippen LogP contribution in [0.4, 0.5) is 0 Å². The summed E-state index contributed by atoms with van der Waals surface area (Å²) in [5.74, 6) is 1.10. The van der Waals surface area contributed by atoms with Gasteiger partial charge in [0.15, 0.2) is 5.78 Å². The van der Waals surface area contributed by atoms with Crippen molar-refractivity contribution < 1.29 is 4.79 Å². The van der Waals surface area contributed by atoms with Crippen molar-refractivity contribution in [3.63, 3.8) is 0 Å². The Labute approximate surface area is 121 Å². The van der Waals surface area contributed by atoms with Crippen molar-refractivity contribution in [2.75, 3.05) is 0 Å². The molecule has 110 valence electrons. The second-order valence-electron chi connectivity index (χ2n) is 6.52. The van der Waals surface area contributed by atoms with Gasteiger partial charge < -0.3 is 10.3 Å². The molecule has 3 heteroatoms. The molecule has 0 bridgehead atoms. The fraction of sp³-hybridized carbons (Fsp3) is 0.706. The van der Waals surface area contributed by atoms with Crippen LogP contribution in [0.2, 0.25) is 0 Å². The first kappa shape index (κ1) is 13.9. The van der Waals surface area contributed by atoms with Crippen LogP contribution in [0.15, 0.2) is 6.07 Å². The lowest BCUT2D eigenvalue weighted by atomic mass is 9.86. The maximum Gasteiger partial charge on any atom is 0.164 e. The van der Waals surface area contributed by atoms with Gasteiger partial charge in [0.1, 0.15) is 0 Å². The second kappa shape index (κ2) is 5.72. The lowest BCUT2D eigenvalue weighted by molar-refractivity contribution is 0.0971. The molecule has 3 nitrogen and oxygen atoms in total. The van der Waals surface area contributed by atoms with Crippen LogP contribution >= 0.6 is 0 Å². The maximum atomic E-state index is 12.1. The molecule has 0 amide bonds. The number of hydrogen-bond acceptors (Lipinski definition) is 2. The van der Waals surface area contributed by atoms with Crippen molar-refractivity contribution in [3.8, 4) is 0 Å². The predicted molar refractivity (Wildman–Crippen MR) is 81.0 cm³/mol. The number of carbonyl (C=O) groups is 1. The molecule has 2 N–H and O–H groups in total. The van der Waals surface area contributed by atoms with E-state index in [-0.39, 0.29) is 0 Å². The first-order chi connectivity index (χ1) is 9.69. The summed E-state index contributed by atoms with van der Waals surface area (Å²) < 4.78 is 2.47. The number of rotatable bonds is 3. The smallest absolute Gasteiger partial charge is 0.164 e. The summed E-state index contributed by atoms with van der Waals surface area (Å²) in [6.45, 7) is 3.29. The standard InChI is InChI=1S/C17H26N2O/c1-2-14-10-15-16(4-3-5-17(15)20)19(14)11-12-6-8-13(18)9-7-12/h10,12-13H,2-9,11,18H2,1H3. The predicted octanol–water partition coefficient (Wildman–Crippen LogP) is 3.09. The van der Waals surface area contributed by atoms with Crippen molar-refractivity contribution in [2.45, 2.75) is 70.9 Å². The minimum atomic E-state index is 0.352. The second-order valence-corrected chi connectivity index (χ2v) is 6.52. The van der Waals surface area contributed by atoms with Gasteiger partial charge in [0.05, 0.1) is 0 Å². The minimum Gasteiger partial charge on any atom is -0.348 e. The molecule has 0 spiro atoms. The molecule has 0 unspecified atom stereocenters. The van der Waals surface area contributed by atoms with Crippen LogP contribution in [0.5, 0.6) is 0 Å². The van der Waals surface area contributed by atoms with Crippen LogP contribution in [0.25, 0.3) is 0 Å². The first-order valence-corrected chi connectivity index (χ1v) is 8.19. The van der Waals surface area contributed by atoms with Crippen LogP contribution in [0.3, 0.4) is 0 Å². The topological polar surface area (TPSA) is 48.0 Å². The molecule has 0 saturated heterocycles. The molecule has 1 aromatic heterocycles. The van der Waals surface area contributed by atoms with E-state index < -0.39 is 0 Å². The van der Waals surface area contributed by atoms with E-state index in [2.05, 4.69) is 17.6 Å². The van der Waals surface area contributed by atoms with Crippen molar-refractivity contribution in [3.05, 3.63) is 23.0 Å². The summed E-state index contributed by atoms with van der Waals surface area (Å²) >= 11 is 0. The molecular formula is C17H26N2O. The van der Waals surface area contributed by atoms with E-state index >= 15 is 0 Å². The molecule has 0 atom stereocenters. The zero-order chi connectivity index (χ0) is 14.1. The largest absolute Gasteiger partial charge is 0.348 e. The molecule has 2 aliphatic rings. The highest BCUT2D eigenvalue weighted by molar-refractivity contribution is 5.98. The van der Waals surface area contributed by atoms with E-state index in [0.29, 0.717) is 11.8 Å². The molecule has 0 aromatic carbocycles.